The van der Waals surface area contributed by atoms with E-state index in [1.54, 1.807) is 12.1 Å². The monoisotopic (exact) mass is 340 g/mol. The predicted molar refractivity (Wildman–Crippen MR) is 99.9 cm³/mol. The number of nitrogen functional groups attached to an aromatic ring is 2. The van der Waals surface area contributed by atoms with Crippen molar-refractivity contribution in [2.24, 2.45) is 0 Å². The Labute approximate surface area is 144 Å². The lowest BCUT2D eigenvalue weighted by Crippen LogP contribution is -2.16. The van der Waals surface area contributed by atoms with Gasteiger partial charge in [-0.05, 0) is 55.5 Å². The van der Waals surface area contributed by atoms with Crippen LogP contribution in [-0.4, -0.2) is 31.0 Å². The lowest BCUT2D eigenvalue weighted by Gasteiger charge is -2.24. The predicted octanol–water partition coefficient (Wildman–Crippen LogP) is 3.03. The number of hydrogen-bond acceptors (Lipinski definition) is 6. The summed E-state index contributed by atoms with van der Waals surface area (Å²) < 4.78 is 2.30. The van der Waals surface area contributed by atoms with E-state index in [1.165, 1.54) is 11.5 Å². The third-order valence-electron chi connectivity index (χ3n) is 4.43. The van der Waals surface area contributed by atoms with Crippen LogP contribution >= 0.6 is 11.8 Å². The summed E-state index contributed by atoms with van der Waals surface area (Å²) in [6, 6.07) is 8.06. The number of fused-ring (bicyclic) bond motifs is 1. The van der Waals surface area contributed by atoms with Crippen molar-refractivity contribution in [1.82, 2.24) is 19.5 Å². The second-order valence-electron chi connectivity index (χ2n) is 6.12. The van der Waals surface area contributed by atoms with Crippen molar-refractivity contribution in [3.05, 3.63) is 30.1 Å². The molecule has 0 bridgehead atoms. The Kier molecular flexibility index (Phi) is 3.80. The summed E-state index contributed by atoms with van der Waals surface area (Å²) in [5, 5.41) is 0. The van der Waals surface area contributed by atoms with Gasteiger partial charge < -0.3 is 16.0 Å². The molecule has 1 aliphatic rings. The molecule has 0 atom stereocenters. The maximum atomic E-state index is 5.82. The van der Waals surface area contributed by atoms with Crippen LogP contribution in [0.25, 0.3) is 22.4 Å². The van der Waals surface area contributed by atoms with E-state index in [1.807, 2.05) is 23.9 Å². The average molecular weight is 340 g/mol. The molecule has 0 spiro atoms. The number of thioether (sulfide) groups is 1. The zero-order chi connectivity index (χ0) is 16.7. The normalized spacial score (nSPS) is 15.9. The van der Waals surface area contributed by atoms with Gasteiger partial charge in [-0.1, -0.05) is 0 Å². The molecule has 3 aromatic heterocycles. The van der Waals surface area contributed by atoms with Gasteiger partial charge in [-0.15, -0.1) is 0 Å². The fourth-order valence-electron chi connectivity index (χ4n) is 3.35. The summed E-state index contributed by atoms with van der Waals surface area (Å²) in [4.78, 5) is 13.6. The molecule has 0 saturated carbocycles. The van der Waals surface area contributed by atoms with E-state index in [0.29, 0.717) is 17.7 Å². The van der Waals surface area contributed by atoms with Crippen LogP contribution in [0.5, 0.6) is 0 Å². The number of pyridine rings is 2. The Hall–Kier alpha value is -2.28. The summed E-state index contributed by atoms with van der Waals surface area (Å²) in [6.07, 6.45) is 2.33. The van der Waals surface area contributed by atoms with Gasteiger partial charge in [0.1, 0.15) is 23.0 Å². The van der Waals surface area contributed by atoms with Crippen LogP contribution < -0.4 is 11.5 Å². The van der Waals surface area contributed by atoms with Gasteiger partial charge in [0.05, 0.1) is 5.69 Å². The second-order valence-corrected chi connectivity index (χ2v) is 7.34. The molecule has 0 aliphatic carbocycles. The standard InChI is InChI=1S/C17H20N6S/c1-10-20-14-3-2-13(11-8-15(18)22-16(19)9-11)21-17(14)23(10)12-4-6-24-7-5-12/h2-3,8-9,12H,4-7H2,1H3,(H4,18,19,22). The minimum absolute atomic E-state index is 0.404. The number of imidazole rings is 1. The van der Waals surface area contributed by atoms with Crippen molar-refractivity contribution in [2.45, 2.75) is 25.8 Å². The minimum atomic E-state index is 0.404. The number of nitrogens with two attached hydrogens (primary N) is 2. The molecule has 3 aromatic rings. The molecule has 0 aromatic carbocycles. The summed E-state index contributed by atoms with van der Waals surface area (Å²) in [5.41, 5.74) is 15.2. The fourth-order valence-corrected chi connectivity index (χ4v) is 4.43. The van der Waals surface area contributed by atoms with Crippen molar-refractivity contribution < 1.29 is 0 Å². The number of aromatic nitrogens is 4. The Balaban J connectivity index is 1.84. The molecule has 7 heteroatoms. The molecule has 124 valence electrons. The van der Waals surface area contributed by atoms with Gasteiger partial charge in [0.25, 0.3) is 0 Å². The second kappa shape index (κ2) is 5.98. The minimum Gasteiger partial charge on any atom is -0.384 e. The van der Waals surface area contributed by atoms with Gasteiger partial charge in [-0.3, -0.25) is 0 Å². The third-order valence-corrected chi connectivity index (χ3v) is 5.48. The molecule has 1 saturated heterocycles. The number of nitrogens with zero attached hydrogens (tertiary/aromatic N) is 4. The van der Waals surface area contributed by atoms with E-state index in [-0.39, 0.29) is 0 Å². The van der Waals surface area contributed by atoms with Gasteiger partial charge in [0, 0.05) is 11.6 Å². The number of hydrogen-bond donors (Lipinski definition) is 2. The zero-order valence-electron chi connectivity index (χ0n) is 13.6. The van der Waals surface area contributed by atoms with Gasteiger partial charge in [0.2, 0.25) is 0 Å². The first-order valence-electron chi connectivity index (χ1n) is 8.08. The fraction of sp³-hybridized carbons (Fsp3) is 0.353. The first-order chi connectivity index (χ1) is 11.6. The summed E-state index contributed by atoms with van der Waals surface area (Å²) in [7, 11) is 0. The maximum Gasteiger partial charge on any atom is 0.160 e. The molecule has 0 radical (unpaired) electrons. The lowest BCUT2D eigenvalue weighted by atomic mass is 10.1. The van der Waals surface area contributed by atoms with Crippen molar-refractivity contribution >= 4 is 34.6 Å². The van der Waals surface area contributed by atoms with Crippen LogP contribution in [0.2, 0.25) is 0 Å². The van der Waals surface area contributed by atoms with Gasteiger partial charge >= 0.3 is 0 Å². The Morgan fingerprint density at radius 3 is 2.46 bits per heavy atom. The van der Waals surface area contributed by atoms with Crippen LogP contribution in [0.4, 0.5) is 11.6 Å². The largest absolute Gasteiger partial charge is 0.384 e. The molecule has 4 heterocycles. The molecule has 4 rings (SSSR count). The lowest BCUT2D eigenvalue weighted by molar-refractivity contribution is 0.469. The highest BCUT2D eigenvalue weighted by Crippen LogP contribution is 2.32. The van der Waals surface area contributed by atoms with Gasteiger partial charge in [-0.2, -0.15) is 11.8 Å². The highest BCUT2D eigenvalue weighted by molar-refractivity contribution is 7.99. The van der Waals surface area contributed by atoms with Crippen LogP contribution in [0, 0.1) is 6.92 Å². The third kappa shape index (κ3) is 2.69. The molecular formula is C17H20N6S. The Bertz CT molecular complexity index is 877. The average Bonchev–Trinajstić information content (AvgIpc) is 2.89. The van der Waals surface area contributed by atoms with E-state index in [9.17, 15) is 0 Å². The molecule has 6 nitrogen and oxygen atoms in total. The van der Waals surface area contributed by atoms with Crippen molar-refractivity contribution in [3.8, 4) is 11.3 Å². The number of rotatable bonds is 2. The highest BCUT2D eigenvalue weighted by atomic mass is 32.2. The van der Waals surface area contributed by atoms with E-state index >= 15 is 0 Å². The van der Waals surface area contributed by atoms with Crippen molar-refractivity contribution in [1.29, 1.82) is 0 Å². The smallest absolute Gasteiger partial charge is 0.160 e. The topological polar surface area (TPSA) is 95.6 Å². The SMILES string of the molecule is Cc1nc2ccc(-c3cc(N)nc(N)c3)nc2n1C1CCSCC1. The number of anilines is 2. The molecule has 0 amide bonds. The molecular weight excluding hydrogens is 320 g/mol. The van der Waals surface area contributed by atoms with E-state index < -0.39 is 0 Å². The van der Waals surface area contributed by atoms with Crippen LogP contribution in [0.3, 0.4) is 0 Å². The van der Waals surface area contributed by atoms with E-state index in [2.05, 4.69) is 16.5 Å². The molecule has 24 heavy (non-hydrogen) atoms. The Morgan fingerprint density at radius 1 is 1.04 bits per heavy atom. The first-order valence-corrected chi connectivity index (χ1v) is 9.24. The maximum absolute atomic E-state index is 5.82. The summed E-state index contributed by atoms with van der Waals surface area (Å²) in [6.45, 7) is 2.06. The van der Waals surface area contributed by atoms with Crippen molar-refractivity contribution in [3.63, 3.8) is 0 Å². The highest BCUT2D eigenvalue weighted by Gasteiger charge is 2.21. The Morgan fingerprint density at radius 2 is 1.75 bits per heavy atom. The number of aryl methyl sites for hydroxylation is 1. The molecule has 1 fully saturated rings. The quantitative estimate of drug-likeness (QED) is 0.744. The van der Waals surface area contributed by atoms with E-state index in [4.69, 9.17) is 21.4 Å². The first kappa shape index (κ1) is 15.3. The van der Waals surface area contributed by atoms with Crippen LogP contribution in [-0.2, 0) is 0 Å². The van der Waals surface area contributed by atoms with Crippen LogP contribution in [0.15, 0.2) is 24.3 Å². The molecule has 0 unspecified atom stereocenters. The molecule has 4 N–H and O–H groups in total. The zero-order valence-corrected chi connectivity index (χ0v) is 14.4. The van der Waals surface area contributed by atoms with Gasteiger partial charge in [0.15, 0.2) is 5.65 Å². The van der Waals surface area contributed by atoms with Crippen LogP contribution in [0.1, 0.15) is 24.7 Å². The van der Waals surface area contributed by atoms with Gasteiger partial charge in [-0.25, -0.2) is 15.0 Å². The summed E-state index contributed by atoms with van der Waals surface area (Å²) >= 11 is 2.02. The molecule has 1 aliphatic heterocycles. The van der Waals surface area contributed by atoms with E-state index in [0.717, 1.165) is 41.1 Å². The summed E-state index contributed by atoms with van der Waals surface area (Å²) in [5.74, 6) is 4.23. The van der Waals surface area contributed by atoms with Crippen molar-refractivity contribution in [2.75, 3.05) is 23.0 Å².